The van der Waals surface area contributed by atoms with Crippen molar-refractivity contribution in [2.24, 2.45) is 10.2 Å². The number of quaternary nitrogens is 1. The van der Waals surface area contributed by atoms with E-state index in [2.05, 4.69) is 51.0 Å². The second-order valence-electron chi connectivity index (χ2n) is 9.73. The van der Waals surface area contributed by atoms with Crippen molar-refractivity contribution >= 4 is 47.9 Å². The fraction of sp³-hybridized carbons (Fsp3) is 0.480. The first-order valence-corrected chi connectivity index (χ1v) is 14.9. The molecular formula is C25H33N6O2S2+. The van der Waals surface area contributed by atoms with Crippen molar-refractivity contribution in [3.05, 3.63) is 42.0 Å². The van der Waals surface area contributed by atoms with Crippen LogP contribution in [0.4, 0.5) is 16.5 Å². The predicted molar refractivity (Wildman–Crippen MR) is 142 cm³/mol. The van der Waals surface area contributed by atoms with Crippen LogP contribution in [-0.4, -0.2) is 87.9 Å². The van der Waals surface area contributed by atoms with Gasteiger partial charge in [0.2, 0.25) is 5.13 Å². The summed E-state index contributed by atoms with van der Waals surface area (Å²) in [4.78, 5) is 9.82. The van der Waals surface area contributed by atoms with Crippen molar-refractivity contribution in [2.45, 2.75) is 18.7 Å². The Bertz CT molecular complexity index is 1350. The molecule has 3 fully saturated rings. The standard InChI is InChI=1S/C25H33N6O2S2/c1-4-30(12-16-31-13-9-29(10-14-31)11-15-31)20-5-7-22(19(2)17-20)27-28-25-26-23-8-6-21(35(3,32)33)18-24(23)34-25/h5-8,17-18H,4,9-16H2,1-3H3/q+1/b28-27+. The molecule has 3 saturated heterocycles. The Kier molecular flexibility index (Phi) is 6.65. The minimum atomic E-state index is -3.26. The second-order valence-corrected chi connectivity index (χ2v) is 12.8. The maximum Gasteiger partial charge on any atom is 0.231 e. The van der Waals surface area contributed by atoms with Crippen LogP contribution >= 0.6 is 11.3 Å². The summed E-state index contributed by atoms with van der Waals surface area (Å²) in [7, 11) is -3.26. The van der Waals surface area contributed by atoms with Crippen LogP contribution < -0.4 is 4.90 Å². The quantitative estimate of drug-likeness (QED) is 0.330. The van der Waals surface area contributed by atoms with Crippen LogP contribution in [0.5, 0.6) is 0 Å². The number of likely N-dealkylation sites (N-methyl/N-ethyl adjacent to an activating group) is 1. The van der Waals surface area contributed by atoms with Crippen LogP contribution in [-0.2, 0) is 9.84 Å². The third-order valence-corrected chi connectivity index (χ3v) is 9.48. The Hall–Kier alpha value is -2.40. The van der Waals surface area contributed by atoms with E-state index in [1.807, 2.05) is 6.07 Å². The monoisotopic (exact) mass is 513 g/mol. The first kappa shape index (κ1) is 24.3. The lowest BCUT2D eigenvalue weighted by molar-refractivity contribution is -0.939. The summed E-state index contributed by atoms with van der Waals surface area (Å²) in [5.74, 6) is 0. The van der Waals surface area contributed by atoms with Crippen molar-refractivity contribution < 1.29 is 12.9 Å². The zero-order valence-electron chi connectivity index (χ0n) is 20.6. The van der Waals surface area contributed by atoms with Crippen LogP contribution in [0.15, 0.2) is 51.5 Å². The van der Waals surface area contributed by atoms with Crippen molar-refractivity contribution in [3.63, 3.8) is 0 Å². The van der Waals surface area contributed by atoms with Crippen LogP contribution in [0.3, 0.4) is 0 Å². The van der Waals surface area contributed by atoms with E-state index in [1.54, 1.807) is 18.2 Å². The van der Waals surface area contributed by atoms with Crippen LogP contribution in [0, 0.1) is 6.92 Å². The first-order chi connectivity index (χ1) is 16.7. The molecule has 0 radical (unpaired) electrons. The Morgan fingerprint density at radius 2 is 1.83 bits per heavy atom. The minimum absolute atomic E-state index is 0.288. The SMILES string of the molecule is CCN(CC[N+]12CCN(CC1)CC2)c1ccc(/N=N/c2nc3ccc(S(C)(=O)=O)cc3s2)c(C)c1. The summed E-state index contributed by atoms with van der Waals surface area (Å²) in [6.45, 7) is 15.2. The van der Waals surface area contributed by atoms with Gasteiger partial charge >= 0.3 is 0 Å². The number of sulfone groups is 1. The van der Waals surface area contributed by atoms with Crippen molar-refractivity contribution in [1.29, 1.82) is 0 Å². The Morgan fingerprint density at radius 1 is 1.09 bits per heavy atom. The molecule has 2 aromatic carbocycles. The van der Waals surface area contributed by atoms with Gasteiger partial charge in [-0.25, -0.2) is 13.4 Å². The van der Waals surface area contributed by atoms with Gasteiger partial charge in [0.1, 0.15) is 0 Å². The number of thiazole rings is 1. The van der Waals surface area contributed by atoms with E-state index in [1.165, 1.54) is 73.6 Å². The third-order valence-electron chi connectivity index (χ3n) is 7.46. The highest BCUT2D eigenvalue weighted by Crippen LogP contribution is 2.32. The lowest BCUT2D eigenvalue weighted by Gasteiger charge is -2.51. The number of azo groups is 1. The van der Waals surface area contributed by atoms with Gasteiger partial charge in [0.15, 0.2) is 9.84 Å². The fourth-order valence-corrected chi connectivity index (χ4v) is 6.63. The van der Waals surface area contributed by atoms with E-state index in [-0.39, 0.29) is 4.90 Å². The molecule has 3 aliphatic heterocycles. The number of hydrogen-bond acceptors (Lipinski definition) is 8. The maximum atomic E-state index is 11.8. The number of aryl methyl sites for hydroxylation is 1. The van der Waals surface area contributed by atoms with Gasteiger partial charge in [0, 0.05) is 38.1 Å². The summed E-state index contributed by atoms with van der Waals surface area (Å²) in [6, 6.07) is 11.3. The van der Waals surface area contributed by atoms with E-state index < -0.39 is 9.84 Å². The molecule has 0 N–H and O–H groups in total. The van der Waals surface area contributed by atoms with E-state index in [9.17, 15) is 8.42 Å². The summed E-state index contributed by atoms with van der Waals surface area (Å²) in [5.41, 5.74) is 3.84. The average Bonchev–Trinajstić information content (AvgIpc) is 3.27. The zero-order valence-corrected chi connectivity index (χ0v) is 22.3. The molecule has 8 nitrogen and oxygen atoms in total. The fourth-order valence-electron chi connectivity index (χ4n) is 5.08. The third kappa shape index (κ3) is 5.25. The van der Waals surface area contributed by atoms with Gasteiger partial charge in [0.05, 0.1) is 53.5 Å². The highest BCUT2D eigenvalue weighted by atomic mass is 32.2. The summed E-state index contributed by atoms with van der Waals surface area (Å²) in [5, 5.41) is 9.31. The molecule has 186 valence electrons. The maximum absolute atomic E-state index is 11.8. The van der Waals surface area contributed by atoms with Crippen molar-refractivity contribution in [3.8, 4) is 0 Å². The lowest BCUT2D eigenvalue weighted by Crippen LogP contribution is -2.68. The van der Waals surface area contributed by atoms with Crippen molar-refractivity contribution in [1.82, 2.24) is 9.88 Å². The van der Waals surface area contributed by atoms with Crippen molar-refractivity contribution in [2.75, 3.05) is 70.1 Å². The van der Waals surface area contributed by atoms with Gasteiger partial charge in [-0.1, -0.05) is 11.3 Å². The molecule has 35 heavy (non-hydrogen) atoms. The number of rotatable bonds is 8. The van der Waals surface area contributed by atoms with Crippen LogP contribution in [0.1, 0.15) is 12.5 Å². The van der Waals surface area contributed by atoms with Crippen LogP contribution in [0.2, 0.25) is 0 Å². The Labute approximate surface area is 211 Å². The van der Waals surface area contributed by atoms with Gasteiger partial charge in [-0.3, -0.25) is 4.90 Å². The lowest BCUT2D eigenvalue weighted by atomic mass is 10.1. The number of nitrogens with zero attached hydrogens (tertiary/aromatic N) is 6. The van der Waals surface area contributed by atoms with Gasteiger partial charge < -0.3 is 9.38 Å². The number of aromatic nitrogens is 1. The molecule has 3 aromatic rings. The smallest absolute Gasteiger partial charge is 0.231 e. The number of fused-ring (bicyclic) bond motifs is 4. The molecule has 6 rings (SSSR count). The zero-order chi connectivity index (χ0) is 24.6. The Morgan fingerprint density at radius 3 is 2.49 bits per heavy atom. The van der Waals surface area contributed by atoms with Crippen LogP contribution in [0.25, 0.3) is 10.2 Å². The van der Waals surface area contributed by atoms with Gasteiger partial charge in [-0.15, -0.1) is 10.2 Å². The molecule has 0 atom stereocenters. The van der Waals surface area contributed by atoms with E-state index >= 15 is 0 Å². The number of hydrogen-bond donors (Lipinski definition) is 0. The molecule has 0 amide bonds. The van der Waals surface area contributed by atoms with E-state index in [0.717, 1.165) is 34.6 Å². The van der Waals surface area contributed by atoms with Gasteiger partial charge in [0.25, 0.3) is 0 Å². The second kappa shape index (κ2) is 9.57. The predicted octanol–water partition coefficient (Wildman–Crippen LogP) is 4.40. The highest BCUT2D eigenvalue weighted by Gasteiger charge is 2.38. The normalized spacial score (nSPS) is 22.3. The summed E-state index contributed by atoms with van der Waals surface area (Å²) >= 11 is 1.34. The molecule has 0 spiro atoms. The number of benzene rings is 2. The van der Waals surface area contributed by atoms with E-state index in [4.69, 9.17) is 0 Å². The van der Waals surface area contributed by atoms with E-state index in [0.29, 0.717) is 5.13 Å². The first-order valence-electron chi connectivity index (χ1n) is 12.2. The van der Waals surface area contributed by atoms with Gasteiger partial charge in [-0.05, 0) is 55.8 Å². The number of anilines is 1. The molecular weight excluding hydrogens is 480 g/mol. The average molecular weight is 514 g/mol. The largest absolute Gasteiger partial charge is 0.366 e. The summed E-state index contributed by atoms with van der Waals surface area (Å²) in [6.07, 6.45) is 1.21. The van der Waals surface area contributed by atoms with Gasteiger partial charge in [-0.2, -0.15) is 0 Å². The Balaban J connectivity index is 1.28. The molecule has 0 aliphatic carbocycles. The molecule has 2 bridgehead atoms. The molecule has 0 unspecified atom stereocenters. The molecule has 1 aromatic heterocycles. The molecule has 0 saturated carbocycles. The summed E-state index contributed by atoms with van der Waals surface area (Å²) < 4.78 is 25.7. The minimum Gasteiger partial charge on any atom is -0.366 e. The number of piperazine rings is 3. The highest BCUT2D eigenvalue weighted by molar-refractivity contribution is 7.90. The topological polar surface area (TPSA) is 78.2 Å². The molecule has 4 heterocycles. The molecule has 3 aliphatic rings. The molecule has 10 heteroatoms.